The third kappa shape index (κ3) is 3.48. The Morgan fingerprint density at radius 1 is 1.13 bits per heavy atom. The van der Waals surface area contributed by atoms with Gasteiger partial charge in [-0.05, 0) is 22.8 Å². The molecule has 3 rings (SSSR count). The molecule has 0 radical (unpaired) electrons. The lowest BCUT2D eigenvalue weighted by Crippen LogP contribution is -2.29. The molecule has 6 heteroatoms. The van der Waals surface area contributed by atoms with Crippen LogP contribution in [0.2, 0.25) is 0 Å². The summed E-state index contributed by atoms with van der Waals surface area (Å²) in [6.07, 6.45) is -0.576. The van der Waals surface area contributed by atoms with Crippen LogP contribution in [0, 0.1) is 0 Å². The summed E-state index contributed by atoms with van der Waals surface area (Å²) in [6.45, 7) is 0.168. The van der Waals surface area contributed by atoms with Crippen LogP contribution in [-0.2, 0) is 25.7 Å². The van der Waals surface area contributed by atoms with E-state index in [1.54, 1.807) is 0 Å². The first-order chi connectivity index (χ1) is 11.1. The molecular weight excluding hydrogens is 298 g/mol. The summed E-state index contributed by atoms with van der Waals surface area (Å²) in [4.78, 5) is 33.9. The molecule has 1 N–H and O–H groups in total. The van der Waals surface area contributed by atoms with Crippen LogP contribution >= 0.6 is 0 Å². The fourth-order valence-electron chi connectivity index (χ4n) is 2.49. The van der Waals surface area contributed by atoms with Crippen LogP contribution in [0.25, 0.3) is 10.8 Å². The number of carbonyl (C=O) groups excluding carboxylic acids is 3. The Balaban J connectivity index is 1.54. The van der Waals surface area contributed by atoms with E-state index in [0.29, 0.717) is 0 Å². The predicted molar refractivity (Wildman–Crippen MR) is 81.4 cm³/mol. The van der Waals surface area contributed by atoms with Crippen molar-refractivity contribution in [1.82, 2.24) is 5.32 Å². The lowest BCUT2D eigenvalue weighted by molar-refractivity contribution is -0.145. The van der Waals surface area contributed by atoms with Gasteiger partial charge in [-0.3, -0.25) is 4.79 Å². The van der Waals surface area contributed by atoms with E-state index >= 15 is 0 Å². The maximum atomic E-state index is 11.8. The van der Waals surface area contributed by atoms with Gasteiger partial charge >= 0.3 is 18.0 Å². The van der Waals surface area contributed by atoms with Crippen LogP contribution in [0.5, 0.6) is 0 Å². The first-order valence-electron chi connectivity index (χ1n) is 7.28. The highest BCUT2D eigenvalue weighted by molar-refractivity contribution is 5.95. The van der Waals surface area contributed by atoms with Crippen LogP contribution in [0.4, 0.5) is 4.79 Å². The van der Waals surface area contributed by atoms with Crippen LogP contribution in [0.3, 0.4) is 0 Å². The summed E-state index contributed by atoms with van der Waals surface area (Å²) in [5, 5.41) is 4.46. The zero-order chi connectivity index (χ0) is 16.2. The Hall–Kier alpha value is -2.89. The molecule has 6 nitrogen and oxygen atoms in total. The number of hydrogen-bond acceptors (Lipinski definition) is 5. The summed E-state index contributed by atoms with van der Waals surface area (Å²) < 4.78 is 9.60. The van der Waals surface area contributed by atoms with Crippen molar-refractivity contribution in [2.24, 2.45) is 0 Å². The predicted octanol–water partition coefficient (Wildman–Crippen LogP) is 2.30. The van der Waals surface area contributed by atoms with E-state index in [0.717, 1.165) is 16.3 Å². The number of carbonyl (C=O) groups is 3. The molecule has 0 saturated carbocycles. The van der Waals surface area contributed by atoms with E-state index in [1.807, 2.05) is 42.5 Å². The Morgan fingerprint density at radius 2 is 1.91 bits per heavy atom. The van der Waals surface area contributed by atoms with Crippen LogP contribution in [0.1, 0.15) is 18.4 Å². The highest BCUT2D eigenvalue weighted by Crippen LogP contribution is 2.19. The molecule has 0 unspecified atom stereocenters. The fraction of sp³-hybridized carbons (Fsp3) is 0.235. The number of esters is 2. The second-order valence-electron chi connectivity index (χ2n) is 5.24. The van der Waals surface area contributed by atoms with Gasteiger partial charge in [0.1, 0.15) is 12.6 Å². The normalized spacial score (nSPS) is 17.0. The first kappa shape index (κ1) is 15.0. The molecule has 0 bridgehead atoms. The zero-order valence-corrected chi connectivity index (χ0v) is 12.3. The summed E-state index contributed by atoms with van der Waals surface area (Å²) in [5.74, 6) is -1.08. The second kappa shape index (κ2) is 6.48. The molecule has 1 fully saturated rings. The van der Waals surface area contributed by atoms with E-state index in [1.165, 1.54) is 0 Å². The van der Waals surface area contributed by atoms with Crippen LogP contribution in [0.15, 0.2) is 42.5 Å². The molecule has 1 saturated heterocycles. The maximum absolute atomic E-state index is 11.8. The van der Waals surface area contributed by atoms with Crippen molar-refractivity contribution >= 4 is 28.8 Å². The number of nitrogens with one attached hydrogen (secondary N) is 1. The molecular formula is C17H15NO5. The molecule has 118 valence electrons. The van der Waals surface area contributed by atoms with Crippen molar-refractivity contribution in [2.75, 3.05) is 0 Å². The first-order valence-corrected chi connectivity index (χ1v) is 7.28. The lowest BCUT2D eigenvalue weighted by Gasteiger charge is -2.09. The third-order valence-electron chi connectivity index (χ3n) is 3.68. The van der Waals surface area contributed by atoms with E-state index in [2.05, 4.69) is 10.1 Å². The number of benzene rings is 2. The van der Waals surface area contributed by atoms with Gasteiger partial charge in [-0.15, -0.1) is 0 Å². The molecule has 23 heavy (non-hydrogen) atoms. The minimum Gasteiger partial charge on any atom is -0.461 e. The van der Waals surface area contributed by atoms with Crippen molar-refractivity contribution in [3.63, 3.8) is 0 Å². The number of amides is 1. The van der Waals surface area contributed by atoms with E-state index in [-0.39, 0.29) is 19.4 Å². The molecule has 0 aliphatic carbocycles. The number of cyclic esters (lactones) is 2. The van der Waals surface area contributed by atoms with Gasteiger partial charge in [0.25, 0.3) is 0 Å². The lowest BCUT2D eigenvalue weighted by atomic mass is 10.1. The molecule has 1 amide bonds. The highest BCUT2D eigenvalue weighted by Gasteiger charge is 2.32. The van der Waals surface area contributed by atoms with Crippen molar-refractivity contribution in [3.8, 4) is 0 Å². The average molecular weight is 313 g/mol. The van der Waals surface area contributed by atoms with Gasteiger partial charge in [-0.2, -0.15) is 0 Å². The zero-order valence-electron chi connectivity index (χ0n) is 12.3. The van der Waals surface area contributed by atoms with Gasteiger partial charge in [0, 0.05) is 6.42 Å². The maximum Gasteiger partial charge on any atom is 0.415 e. The second-order valence-corrected chi connectivity index (χ2v) is 5.24. The SMILES string of the molecule is O=C(CC[C@@H]1NC(=O)OC1=O)OCc1cccc2ccccc12. The van der Waals surface area contributed by atoms with Gasteiger partial charge in [0.05, 0.1) is 0 Å². The Morgan fingerprint density at radius 3 is 2.70 bits per heavy atom. The number of rotatable bonds is 5. The third-order valence-corrected chi connectivity index (χ3v) is 3.68. The largest absolute Gasteiger partial charge is 0.461 e. The minimum absolute atomic E-state index is 0.0326. The van der Waals surface area contributed by atoms with Crippen molar-refractivity contribution in [2.45, 2.75) is 25.5 Å². The molecule has 1 atom stereocenters. The molecule has 0 spiro atoms. The summed E-state index contributed by atoms with van der Waals surface area (Å²) in [6, 6.07) is 12.9. The van der Waals surface area contributed by atoms with Gasteiger partial charge in [-0.1, -0.05) is 42.5 Å². The van der Waals surface area contributed by atoms with Gasteiger partial charge < -0.3 is 14.8 Å². The van der Waals surface area contributed by atoms with E-state index in [4.69, 9.17) is 4.74 Å². The summed E-state index contributed by atoms with van der Waals surface area (Å²) >= 11 is 0. The Bertz CT molecular complexity index is 765. The quantitative estimate of drug-likeness (QED) is 0.676. The minimum atomic E-state index is -0.774. The monoisotopic (exact) mass is 313 g/mol. The molecule has 1 heterocycles. The Kier molecular flexibility index (Phi) is 4.23. The number of alkyl carbamates (subject to hydrolysis) is 1. The standard InChI is InChI=1S/C17H15NO5/c19-15(9-8-14-16(20)23-17(21)18-14)22-10-12-6-3-5-11-4-1-2-7-13(11)12/h1-7,14H,8-10H2,(H,18,21)/t14-/m0/s1. The van der Waals surface area contributed by atoms with Crippen molar-refractivity contribution in [1.29, 1.82) is 0 Å². The van der Waals surface area contributed by atoms with E-state index < -0.39 is 24.1 Å². The molecule has 1 aliphatic heterocycles. The van der Waals surface area contributed by atoms with Crippen LogP contribution < -0.4 is 5.32 Å². The van der Waals surface area contributed by atoms with Crippen molar-refractivity contribution in [3.05, 3.63) is 48.0 Å². The summed E-state index contributed by atoms with van der Waals surface area (Å²) in [5.41, 5.74) is 0.921. The topological polar surface area (TPSA) is 81.7 Å². The van der Waals surface area contributed by atoms with Crippen LogP contribution in [-0.4, -0.2) is 24.1 Å². The van der Waals surface area contributed by atoms with E-state index in [9.17, 15) is 14.4 Å². The van der Waals surface area contributed by atoms with Gasteiger partial charge in [-0.25, -0.2) is 9.59 Å². The number of hydrogen-bond donors (Lipinski definition) is 1. The van der Waals surface area contributed by atoms with Crippen molar-refractivity contribution < 1.29 is 23.9 Å². The molecule has 2 aromatic carbocycles. The average Bonchev–Trinajstić information content (AvgIpc) is 2.88. The molecule has 0 aromatic heterocycles. The number of ether oxygens (including phenoxy) is 2. The summed E-state index contributed by atoms with van der Waals surface area (Å²) in [7, 11) is 0. The van der Waals surface area contributed by atoms with Gasteiger partial charge in [0.2, 0.25) is 0 Å². The smallest absolute Gasteiger partial charge is 0.415 e. The highest BCUT2D eigenvalue weighted by atomic mass is 16.6. The molecule has 1 aliphatic rings. The number of fused-ring (bicyclic) bond motifs is 1. The Labute approximate surface area is 132 Å². The fourth-order valence-corrected chi connectivity index (χ4v) is 2.49. The van der Waals surface area contributed by atoms with Gasteiger partial charge in [0.15, 0.2) is 0 Å². The molecule has 2 aromatic rings.